The van der Waals surface area contributed by atoms with Crippen molar-refractivity contribution < 1.29 is 14.6 Å². The number of benzene rings is 2. The lowest BCUT2D eigenvalue weighted by Gasteiger charge is -2.17. The number of urea groups is 1. The first-order chi connectivity index (χ1) is 11.8. The van der Waals surface area contributed by atoms with Crippen LogP contribution in [0.5, 0.6) is 5.75 Å². The van der Waals surface area contributed by atoms with Crippen LogP contribution in [0.2, 0.25) is 0 Å². The number of hydrogen-bond donors (Lipinski definition) is 3. The first kappa shape index (κ1) is 16.3. The lowest BCUT2D eigenvalue weighted by Crippen LogP contribution is -2.40. The van der Waals surface area contributed by atoms with Gasteiger partial charge >= 0.3 is 6.03 Å². The topological polar surface area (TPSA) is 70.6 Å². The molecule has 1 heterocycles. The molecule has 5 heteroatoms. The predicted octanol–water partition coefficient (Wildman–Crippen LogP) is 2.20. The lowest BCUT2D eigenvalue weighted by molar-refractivity contribution is 0.217. The summed E-state index contributed by atoms with van der Waals surface area (Å²) in [7, 11) is 0. The second-order valence-electron chi connectivity index (χ2n) is 5.84. The summed E-state index contributed by atoms with van der Waals surface area (Å²) in [6.45, 7) is 1.15. The number of hydrogen-bond acceptors (Lipinski definition) is 3. The zero-order valence-corrected chi connectivity index (χ0v) is 13.5. The van der Waals surface area contributed by atoms with Gasteiger partial charge in [-0.3, -0.25) is 0 Å². The van der Waals surface area contributed by atoms with Crippen LogP contribution in [0.3, 0.4) is 0 Å². The Labute approximate surface area is 141 Å². The molecule has 1 atom stereocenters. The molecule has 1 aliphatic rings. The van der Waals surface area contributed by atoms with E-state index >= 15 is 0 Å². The monoisotopic (exact) mass is 326 g/mol. The van der Waals surface area contributed by atoms with E-state index in [9.17, 15) is 9.90 Å². The van der Waals surface area contributed by atoms with Gasteiger partial charge < -0.3 is 20.5 Å². The molecule has 0 bridgehead atoms. The number of fused-ring (bicyclic) bond motifs is 1. The van der Waals surface area contributed by atoms with Gasteiger partial charge in [-0.15, -0.1) is 0 Å². The smallest absolute Gasteiger partial charge is 0.315 e. The van der Waals surface area contributed by atoms with Gasteiger partial charge in [0.15, 0.2) is 0 Å². The molecule has 0 spiro atoms. The highest BCUT2D eigenvalue weighted by atomic mass is 16.5. The molecule has 0 saturated carbocycles. The summed E-state index contributed by atoms with van der Waals surface area (Å²) in [5.41, 5.74) is 3.30. The number of nitrogens with one attached hydrogen (secondary N) is 2. The molecule has 126 valence electrons. The summed E-state index contributed by atoms with van der Waals surface area (Å²) in [4.78, 5) is 12.0. The maximum atomic E-state index is 12.0. The van der Waals surface area contributed by atoms with Crippen molar-refractivity contribution in [1.82, 2.24) is 10.6 Å². The van der Waals surface area contributed by atoms with E-state index < -0.39 is 6.04 Å². The first-order valence-electron chi connectivity index (χ1n) is 8.21. The SMILES string of the molecule is O=C(NCCc1ccc2c(c1)CCO2)NC(CO)c1ccccc1. The van der Waals surface area contributed by atoms with Gasteiger partial charge in [-0.25, -0.2) is 4.79 Å². The van der Waals surface area contributed by atoms with Crippen molar-refractivity contribution in [3.05, 3.63) is 65.2 Å². The zero-order chi connectivity index (χ0) is 16.8. The van der Waals surface area contributed by atoms with E-state index in [1.165, 1.54) is 11.1 Å². The molecule has 2 aromatic carbocycles. The Morgan fingerprint density at radius 1 is 1.21 bits per heavy atom. The predicted molar refractivity (Wildman–Crippen MR) is 92.1 cm³/mol. The van der Waals surface area contributed by atoms with Gasteiger partial charge in [-0.1, -0.05) is 42.5 Å². The van der Waals surface area contributed by atoms with Crippen molar-refractivity contribution in [2.75, 3.05) is 19.8 Å². The van der Waals surface area contributed by atoms with E-state index in [1.807, 2.05) is 42.5 Å². The molecule has 24 heavy (non-hydrogen) atoms. The van der Waals surface area contributed by atoms with Crippen LogP contribution in [0.4, 0.5) is 4.79 Å². The number of carbonyl (C=O) groups excluding carboxylic acids is 1. The number of ether oxygens (including phenoxy) is 1. The van der Waals surface area contributed by atoms with Crippen LogP contribution in [0, 0.1) is 0 Å². The number of rotatable bonds is 6. The molecule has 3 N–H and O–H groups in total. The van der Waals surface area contributed by atoms with E-state index in [1.54, 1.807) is 0 Å². The minimum absolute atomic E-state index is 0.137. The Hall–Kier alpha value is -2.53. The molecule has 2 aromatic rings. The van der Waals surface area contributed by atoms with Crippen LogP contribution in [0.1, 0.15) is 22.7 Å². The van der Waals surface area contributed by atoms with Crippen LogP contribution in [0.25, 0.3) is 0 Å². The van der Waals surface area contributed by atoms with Crippen molar-refractivity contribution in [2.45, 2.75) is 18.9 Å². The highest BCUT2D eigenvalue weighted by Gasteiger charge is 2.14. The second-order valence-corrected chi connectivity index (χ2v) is 5.84. The van der Waals surface area contributed by atoms with Gasteiger partial charge in [0.05, 0.1) is 19.3 Å². The molecule has 5 nitrogen and oxygen atoms in total. The lowest BCUT2D eigenvalue weighted by atomic mass is 10.1. The van der Waals surface area contributed by atoms with Gasteiger partial charge in [0.1, 0.15) is 5.75 Å². The summed E-state index contributed by atoms with van der Waals surface area (Å²) in [5, 5.41) is 15.1. The molecule has 0 aliphatic carbocycles. The third kappa shape index (κ3) is 4.06. The molecule has 0 saturated heterocycles. The molecular weight excluding hydrogens is 304 g/mol. The number of aliphatic hydroxyl groups is 1. The van der Waals surface area contributed by atoms with Gasteiger partial charge in [0.25, 0.3) is 0 Å². The molecule has 1 aliphatic heterocycles. The Balaban J connectivity index is 1.47. The van der Waals surface area contributed by atoms with Crippen molar-refractivity contribution in [3.63, 3.8) is 0 Å². The number of amides is 2. The summed E-state index contributed by atoms with van der Waals surface area (Å²) in [6.07, 6.45) is 1.71. The summed E-state index contributed by atoms with van der Waals surface area (Å²) in [5.74, 6) is 0.970. The summed E-state index contributed by atoms with van der Waals surface area (Å²) in [6, 6.07) is 14.9. The average Bonchev–Trinajstić information content (AvgIpc) is 3.08. The first-order valence-corrected chi connectivity index (χ1v) is 8.21. The molecule has 0 aromatic heterocycles. The van der Waals surface area contributed by atoms with Gasteiger partial charge in [-0.05, 0) is 29.2 Å². The van der Waals surface area contributed by atoms with E-state index in [0.29, 0.717) is 6.54 Å². The Morgan fingerprint density at radius 3 is 2.83 bits per heavy atom. The van der Waals surface area contributed by atoms with Crippen LogP contribution < -0.4 is 15.4 Å². The van der Waals surface area contributed by atoms with Crippen molar-refractivity contribution >= 4 is 6.03 Å². The van der Waals surface area contributed by atoms with E-state index in [0.717, 1.165) is 30.8 Å². The summed E-state index contributed by atoms with van der Waals surface area (Å²) < 4.78 is 5.49. The van der Waals surface area contributed by atoms with E-state index in [4.69, 9.17) is 4.74 Å². The Morgan fingerprint density at radius 2 is 2.04 bits per heavy atom. The summed E-state index contributed by atoms with van der Waals surface area (Å²) >= 11 is 0. The van der Waals surface area contributed by atoms with Crippen LogP contribution in [-0.4, -0.2) is 30.9 Å². The maximum absolute atomic E-state index is 12.0. The molecule has 3 rings (SSSR count). The fraction of sp³-hybridized carbons (Fsp3) is 0.316. The molecule has 0 fully saturated rings. The van der Waals surface area contributed by atoms with Crippen molar-refractivity contribution in [1.29, 1.82) is 0 Å². The molecule has 1 unspecified atom stereocenters. The Kier molecular flexibility index (Phi) is 5.33. The van der Waals surface area contributed by atoms with Crippen LogP contribution in [0.15, 0.2) is 48.5 Å². The fourth-order valence-electron chi connectivity index (χ4n) is 2.84. The number of aliphatic hydroxyl groups excluding tert-OH is 1. The van der Waals surface area contributed by atoms with Crippen LogP contribution in [-0.2, 0) is 12.8 Å². The zero-order valence-electron chi connectivity index (χ0n) is 13.5. The van der Waals surface area contributed by atoms with Gasteiger partial charge in [0, 0.05) is 13.0 Å². The third-order valence-corrected chi connectivity index (χ3v) is 4.14. The maximum Gasteiger partial charge on any atom is 0.315 e. The van der Waals surface area contributed by atoms with Gasteiger partial charge in [0.2, 0.25) is 0 Å². The van der Waals surface area contributed by atoms with Crippen LogP contribution >= 0.6 is 0 Å². The fourth-order valence-corrected chi connectivity index (χ4v) is 2.84. The number of carbonyl (C=O) groups is 1. The average molecular weight is 326 g/mol. The third-order valence-electron chi connectivity index (χ3n) is 4.14. The van der Waals surface area contributed by atoms with Crippen molar-refractivity contribution in [3.8, 4) is 5.75 Å². The normalized spacial score (nSPS) is 13.7. The second kappa shape index (κ2) is 7.84. The standard InChI is InChI=1S/C19H22N2O3/c22-13-17(15-4-2-1-3-5-15)21-19(23)20-10-8-14-6-7-18-16(12-14)9-11-24-18/h1-7,12,17,22H,8-11,13H2,(H2,20,21,23). The minimum Gasteiger partial charge on any atom is -0.493 e. The Bertz CT molecular complexity index is 688. The largest absolute Gasteiger partial charge is 0.493 e. The highest BCUT2D eigenvalue weighted by Crippen LogP contribution is 2.25. The van der Waals surface area contributed by atoms with Gasteiger partial charge in [-0.2, -0.15) is 0 Å². The van der Waals surface area contributed by atoms with E-state index in [-0.39, 0.29) is 12.6 Å². The molecule has 2 amide bonds. The molecular formula is C19H22N2O3. The van der Waals surface area contributed by atoms with Crippen molar-refractivity contribution in [2.24, 2.45) is 0 Å². The van der Waals surface area contributed by atoms with E-state index in [2.05, 4.69) is 16.7 Å². The minimum atomic E-state index is -0.400. The quantitative estimate of drug-likeness (QED) is 0.762. The molecule has 0 radical (unpaired) electrons. The highest BCUT2D eigenvalue weighted by molar-refractivity contribution is 5.74.